The minimum Gasteiger partial charge on any atom is -0.450 e. The Kier molecular flexibility index (Phi) is 5.94. The first kappa shape index (κ1) is 20.5. The summed E-state index contributed by atoms with van der Waals surface area (Å²) in [6.07, 6.45) is 1.04. The molecule has 0 aliphatic rings. The van der Waals surface area contributed by atoms with Gasteiger partial charge in [0.15, 0.2) is 5.13 Å². The highest BCUT2D eigenvalue weighted by atomic mass is 32.1. The van der Waals surface area contributed by atoms with Crippen LogP contribution in [-0.2, 0) is 11.3 Å². The Bertz CT molecular complexity index is 1230. The number of fused-ring (bicyclic) bond motifs is 1. The minimum absolute atomic E-state index is 0.231. The molecule has 2 N–H and O–H groups in total. The van der Waals surface area contributed by atoms with E-state index in [1.807, 2.05) is 48.0 Å². The Balaban J connectivity index is 1.47. The Morgan fingerprint density at radius 2 is 1.94 bits per heavy atom. The summed E-state index contributed by atoms with van der Waals surface area (Å²) in [4.78, 5) is 28.7. The molecule has 2 amide bonds. The molecule has 0 aliphatic carbocycles. The number of hydrogen-bond donors (Lipinski definition) is 2. The first-order chi connectivity index (χ1) is 15.0. The highest BCUT2D eigenvalue weighted by Gasteiger charge is 2.15. The second-order valence-corrected chi connectivity index (χ2v) is 7.82. The lowest BCUT2D eigenvalue weighted by Gasteiger charge is -2.07. The lowest BCUT2D eigenvalue weighted by Crippen LogP contribution is -2.13. The normalized spacial score (nSPS) is 10.8. The van der Waals surface area contributed by atoms with Crippen molar-refractivity contribution in [3.05, 3.63) is 71.5 Å². The maximum absolute atomic E-state index is 12.8. The molecular weight excluding hydrogens is 414 g/mol. The molecule has 4 rings (SSSR count). The van der Waals surface area contributed by atoms with Gasteiger partial charge in [0.25, 0.3) is 5.91 Å². The van der Waals surface area contributed by atoms with Crippen LogP contribution < -0.4 is 10.6 Å². The molecule has 31 heavy (non-hydrogen) atoms. The van der Waals surface area contributed by atoms with Gasteiger partial charge in [-0.1, -0.05) is 41.7 Å². The van der Waals surface area contributed by atoms with E-state index in [1.165, 1.54) is 11.3 Å². The average molecular weight is 436 g/mol. The fourth-order valence-corrected chi connectivity index (χ4v) is 3.98. The summed E-state index contributed by atoms with van der Waals surface area (Å²) in [5.41, 5.74) is 3.79. The average Bonchev–Trinajstić information content (AvgIpc) is 3.31. The molecule has 0 saturated carbocycles. The number of hydrogen-bond acceptors (Lipinski definition) is 6. The van der Waals surface area contributed by atoms with Gasteiger partial charge >= 0.3 is 6.09 Å². The molecule has 2 aromatic heterocycles. The summed E-state index contributed by atoms with van der Waals surface area (Å²) < 4.78 is 7.51. The summed E-state index contributed by atoms with van der Waals surface area (Å²) >= 11 is 1.31. The highest BCUT2D eigenvalue weighted by Crippen LogP contribution is 2.28. The first-order valence-electron chi connectivity index (χ1n) is 9.75. The number of carbonyl (C=O) groups excluding carboxylic acids is 2. The standard InChI is InChI=1S/C22H21N5O3S/c1-3-30-22(29)26-21-25-18-10-9-16(11-19(18)31-21)24-20(28)17-12-23-27(14(17)2)13-15-7-5-4-6-8-15/h4-12H,3,13H2,1-2H3,(H,24,28)(H,25,26,29). The third-order valence-corrected chi connectivity index (χ3v) is 5.59. The molecule has 0 spiro atoms. The van der Waals surface area contributed by atoms with E-state index >= 15 is 0 Å². The van der Waals surface area contributed by atoms with Gasteiger partial charge in [-0.15, -0.1) is 0 Å². The van der Waals surface area contributed by atoms with Gasteiger partial charge < -0.3 is 10.1 Å². The van der Waals surface area contributed by atoms with Crippen molar-refractivity contribution >= 4 is 44.4 Å². The first-order valence-corrected chi connectivity index (χ1v) is 10.6. The third-order valence-electron chi connectivity index (χ3n) is 4.65. The molecule has 0 fully saturated rings. The molecule has 8 nitrogen and oxygen atoms in total. The van der Waals surface area contributed by atoms with E-state index < -0.39 is 6.09 Å². The van der Waals surface area contributed by atoms with E-state index in [4.69, 9.17) is 4.74 Å². The van der Waals surface area contributed by atoms with Gasteiger partial charge in [0, 0.05) is 11.4 Å². The fraction of sp³-hybridized carbons (Fsp3) is 0.182. The fourth-order valence-electron chi connectivity index (χ4n) is 3.09. The Morgan fingerprint density at radius 3 is 2.71 bits per heavy atom. The highest BCUT2D eigenvalue weighted by molar-refractivity contribution is 7.22. The van der Waals surface area contributed by atoms with E-state index in [0.717, 1.165) is 21.5 Å². The van der Waals surface area contributed by atoms with Gasteiger partial charge in [0.2, 0.25) is 0 Å². The third kappa shape index (κ3) is 4.72. The number of ether oxygens (including phenoxy) is 1. The predicted octanol–water partition coefficient (Wildman–Crippen LogP) is 4.67. The number of rotatable bonds is 6. The van der Waals surface area contributed by atoms with Crippen LogP contribution in [0.4, 0.5) is 15.6 Å². The van der Waals surface area contributed by atoms with Crippen LogP contribution in [0, 0.1) is 6.92 Å². The van der Waals surface area contributed by atoms with Crippen molar-refractivity contribution in [1.29, 1.82) is 0 Å². The summed E-state index contributed by atoms with van der Waals surface area (Å²) in [5.74, 6) is -0.231. The zero-order valence-electron chi connectivity index (χ0n) is 17.1. The van der Waals surface area contributed by atoms with Crippen molar-refractivity contribution in [3.63, 3.8) is 0 Å². The summed E-state index contributed by atoms with van der Waals surface area (Å²) in [5, 5.41) is 10.3. The number of nitrogens with zero attached hydrogens (tertiary/aromatic N) is 3. The van der Waals surface area contributed by atoms with Crippen molar-refractivity contribution in [2.75, 3.05) is 17.2 Å². The second-order valence-electron chi connectivity index (χ2n) is 6.79. The molecule has 0 aliphatic heterocycles. The van der Waals surface area contributed by atoms with Crippen LogP contribution in [0.2, 0.25) is 0 Å². The van der Waals surface area contributed by atoms with Crippen LogP contribution in [0.25, 0.3) is 10.2 Å². The molecule has 9 heteroatoms. The van der Waals surface area contributed by atoms with Gasteiger partial charge in [-0.25, -0.2) is 9.78 Å². The number of thiazole rings is 1. The molecule has 0 unspecified atom stereocenters. The lowest BCUT2D eigenvalue weighted by molar-refractivity contribution is 0.102. The van der Waals surface area contributed by atoms with E-state index in [2.05, 4.69) is 20.7 Å². The van der Waals surface area contributed by atoms with Crippen LogP contribution in [0.1, 0.15) is 28.5 Å². The maximum Gasteiger partial charge on any atom is 0.413 e. The van der Waals surface area contributed by atoms with Crippen molar-refractivity contribution < 1.29 is 14.3 Å². The molecule has 158 valence electrons. The molecule has 2 aromatic carbocycles. The molecule has 0 atom stereocenters. The van der Waals surface area contributed by atoms with Crippen LogP contribution in [-0.4, -0.2) is 33.4 Å². The lowest BCUT2D eigenvalue weighted by atomic mass is 10.2. The Hall–Kier alpha value is -3.72. The van der Waals surface area contributed by atoms with Crippen LogP contribution in [0.15, 0.2) is 54.7 Å². The zero-order chi connectivity index (χ0) is 21.8. The molecule has 0 saturated heterocycles. The van der Waals surface area contributed by atoms with E-state index in [0.29, 0.717) is 22.9 Å². The smallest absolute Gasteiger partial charge is 0.413 e. The van der Waals surface area contributed by atoms with Crippen molar-refractivity contribution in [3.8, 4) is 0 Å². The van der Waals surface area contributed by atoms with Crippen LogP contribution >= 0.6 is 11.3 Å². The van der Waals surface area contributed by atoms with Crippen molar-refractivity contribution in [1.82, 2.24) is 14.8 Å². The largest absolute Gasteiger partial charge is 0.450 e. The van der Waals surface area contributed by atoms with Crippen molar-refractivity contribution in [2.45, 2.75) is 20.4 Å². The number of amides is 2. The van der Waals surface area contributed by atoms with Gasteiger partial charge in [-0.2, -0.15) is 5.10 Å². The topological polar surface area (TPSA) is 98.1 Å². The van der Waals surface area contributed by atoms with Crippen LogP contribution in [0.5, 0.6) is 0 Å². The number of nitrogens with one attached hydrogen (secondary N) is 2. The molecule has 0 bridgehead atoms. The quantitative estimate of drug-likeness (QED) is 0.459. The summed E-state index contributed by atoms with van der Waals surface area (Å²) in [7, 11) is 0. The van der Waals surface area contributed by atoms with E-state index in [1.54, 1.807) is 25.3 Å². The summed E-state index contributed by atoms with van der Waals surface area (Å²) in [6, 6.07) is 15.4. The number of anilines is 2. The predicted molar refractivity (Wildman–Crippen MR) is 121 cm³/mol. The van der Waals surface area contributed by atoms with E-state index in [9.17, 15) is 9.59 Å². The number of carbonyl (C=O) groups is 2. The van der Waals surface area contributed by atoms with E-state index in [-0.39, 0.29) is 12.5 Å². The SMILES string of the molecule is CCOC(=O)Nc1nc2ccc(NC(=O)c3cnn(Cc4ccccc4)c3C)cc2s1. The van der Waals surface area contributed by atoms with Crippen LogP contribution in [0.3, 0.4) is 0 Å². The molecule has 4 aromatic rings. The Morgan fingerprint density at radius 1 is 1.13 bits per heavy atom. The van der Waals surface area contributed by atoms with Gasteiger partial charge in [-0.05, 0) is 37.6 Å². The van der Waals surface area contributed by atoms with Gasteiger partial charge in [-0.3, -0.25) is 14.8 Å². The minimum atomic E-state index is -0.543. The zero-order valence-corrected chi connectivity index (χ0v) is 17.9. The number of benzene rings is 2. The molecule has 0 radical (unpaired) electrons. The van der Waals surface area contributed by atoms with Gasteiger partial charge in [0.1, 0.15) is 0 Å². The van der Waals surface area contributed by atoms with Crippen molar-refractivity contribution in [2.24, 2.45) is 0 Å². The summed E-state index contributed by atoms with van der Waals surface area (Å²) in [6.45, 7) is 4.50. The monoisotopic (exact) mass is 435 g/mol. The number of aromatic nitrogens is 3. The van der Waals surface area contributed by atoms with Gasteiger partial charge in [0.05, 0.1) is 35.1 Å². The maximum atomic E-state index is 12.8. The molecular formula is C22H21N5O3S. The molecule has 2 heterocycles. The Labute approximate surface area is 182 Å². The second kappa shape index (κ2) is 8.97.